The first kappa shape index (κ1) is 99.1. The summed E-state index contributed by atoms with van der Waals surface area (Å²) in [7, 11) is 0. The number of aliphatic imine (C=N–C) groups is 1. The summed E-state index contributed by atoms with van der Waals surface area (Å²) in [4.78, 5) is 186. The van der Waals surface area contributed by atoms with Gasteiger partial charge in [-0.25, -0.2) is 4.79 Å². The molecule has 33 nitrogen and oxygen atoms in total. The number of nitrogens with two attached hydrogens (primary N) is 4. The van der Waals surface area contributed by atoms with E-state index in [0.717, 1.165) is 23.6 Å². The molecule has 656 valence electrons. The van der Waals surface area contributed by atoms with Crippen LogP contribution >= 0.6 is 11.6 Å². The van der Waals surface area contributed by atoms with Crippen molar-refractivity contribution in [3.05, 3.63) is 143 Å². The summed E-state index contributed by atoms with van der Waals surface area (Å²) in [5.41, 5.74) is 23.9. The number of guanidine groups is 1. The molecule has 1 aliphatic rings. The van der Waals surface area contributed by atoms with Crippen molar-refractivity contribution in [1.29, 1.82) is 0 Å². The van der Waals surface area contributed by atoms with E-state index in [9.17, 15) is 72.5 Å². The van der Waals surface area contributed by atoms with Gasteiger partial charge in [-0.2, -0.15) is 0 Å². The average Bonchev–Trinajstić information content (AvgIpc) is 1.66. The predicted molar refractivity (Wildman–Crippen MR) is 456 cm³/mol. The van der Waals surface area contributed by atoms with E-state index in [1.807, 2.05) is 42.5 Å². The lowest BCUT2D eigenvalue weighted by molar-refractivity contribution is -0.142. The Hall–Kier alpha value is -11.5. The molecule has 34 heteroatoms. The normalized spacial score (nSPS) is 14.5. The minimum atomic E-state index is -1.85. The molecule has 6 rings (SSSR count). The van der Waals surface area contributed by atoms with Crippen LogP contribution in [-0.2, 0) is 83.2 Å². The molecule has 13 amide bonds. The summed E-state index contributed by atoms with van der Waals surface area (Å²) in [6.07, 6.45) is 20.0. The first-order valence-electron chi connectivity index (χ1n) is 41.4. The number of carboxylic acid groups (broad SMARTS) is 1. The number of hydrogen-bond acceptors (Lipinski definition) is 17. The number of fused-ring (bicyclic) bond motifs is 1. The number of phenolic OH excluding ortho intramolecular Hbond substituents is 1. The van der Waals surface area contributed by atoms with E-state index in [4.69, 9.17) is 39.6 Å². The molecule has 0 spiro atoms. The summed E-state index contributed by atoms with van der Waals surface area (Å²) in [5, 5.41) is 58.0. The summed E-state index contributed by atoms with van der Waals surface area (Å²) in [5.74, 6) is -10.5. The summed E-state index contributed by atoms with van der Waals surface area (Å²) < 4.78 is 0. The van der Waals surface area contributed by atoms with Crippen molar-refractivity contribution in [2.24, 2.45) is 33.8 Å². The van der Waals surface area contributed by atoms with Crippen LogP contribution in [0.5, 0.6) is 5.75 Å². The van der Waals surface area contributed by atoms with E-state index in [2.05, 4.69) is 70.1 Å². The van der Waals surface area contributed by atoms with Gasteiger partial charge in [-0.1, -0.05) is 182 Å². The fourth-order valence-corrected chi connectivity index (χ4v) is 13.8. The number of primary amides is 2. The zero-order valence-corrected chi connectivity index (χ0v) is 70.3. The number of nitrogens with zero attached hydrogens (tertiary/aromatic N) is 3. The number of carbonyl (C=O) groups excluding carboxylic acids is 12. The van der Waals surface area contributed by atoms with Crippen LogP contribution < -0.4 is 76.1 Å². The van der Waals surface area contributed by atoms with Crippen LogP contribution in [0.2, 0.25) is 5.02 Å². The largest absolute Gasteiger partial charge is 0.508 e. The number of pyridine rings is 1. The van der Waals surface area contributed by atoms with Crippen LogP contribution in [0.1, 0.15) is 192 Å². The average molecular weight is 1690 g/mol. The molecule has 2 heterocycles. The number of urea groups is 1. The molecule has 1 fully saturated rings. The summed E-state index contributed by atoms with van der Waals surface area (Å²) >= 11 is 6.23. The number of aliphatic carboxylic acids is 1. The summed E-state index contributed by atoms with van der Waals surface area (Å²) in [6.45, 7) is 7.41. The van der Waals surface area contributed by atoms with Gasteiger partial charge < -0.3 is 96.3 Å². The number of halogens is 1. The Kier molecular flexibility index (Phi) is 44.5. The predicted octanol–water partition coefficient (Wildman–Crippen LogP) is 4.84. The minimum Gasteiger partial charge on any atom is -0.508 e. The molecule has 0 aliphatic carbocycles. The van der Waals surface area contributed by atoms with Crippen molar-refractivity contribution in [3.63, 3.8) is 0 Å². The maximum Gasteiger partial charge on any atom is 0.312 e. The number of aliphatic hydroxyl groups is 1. The van der Waals surface area contributed by atoms with Crippen LogP contribution in [-0.4, -0.2) is 195 Å². The molecule has 0 saturated carbocycles. The Balaban J connectivity index is 0.00000126. The number of hydrogen-bond donors (Lipinski definition) is 17. The molecule has 10 atom stereocenters. The fraction of sp³-hybridized carbons (Fsp3) is 0.523. The third-order valence-corrected chi connectivity index (χ3v) is 20.4. The number of phenols is 1. The molecule has 0 unspecified atom stereocenters. The number of amides is 13. The lowest BCUT2D eigenvalue weighted by Crippen LogP contribution is -2.61. The smallest absolute Gasteiger partial charge is 0.312 e. The van der Waals surface area contributed by atoms with Gasteiger partial charge in [-0.15, -0.1) is 0 Å². The number of benzene rings is 4. The lowest BCUT2D eigenvalue weighted by Gasteiger charge is -2.31. The highest BCUT2D eigenvalue weighted by Crippen LogP contribution is 2.23. The number of carbonyl (C=O) groups is 13. The van der Waals surface area contributed by atoms with Crippen molar-refractivity contribution in [3.8, 4) is 5.75 Å². The van der Waals surface area contributed by atoms with Crippen molar-refractivity contribution in [2.75, 3.05) is 26.2 Å². The molecule has 1 aliphatic heterocycles. The first-order chi connectivity index (χ1) is 57.3. The van der Waals surface area contributed by atoms with Gasteiger partial charge in [0.2, 0.25) is 65.0 Å². The molecule has 0 bridgehead atoms. The number of likely N-dealkylation sites (tertiary alicyclic amines) is 1. The molecule has 120 heavy (non-hydrogen) atoms. The molecule has 21 N–H and O–H groups in total. The maximum atomic E-state index is 14.9. The van der Waals surface area contributed by atoms with Gasteiger partial charge >= 0.3 is 12.0 Å². The molecule has 1 aromatic heterocycles. The van der Waals surface area contributed by atoms with Crippen LogP contribution in [0.4, 0.5) is 4.79 Å². The van der Waals surface area contributed by atoms with E-state index < -0.39 is 144 Å². The number of unbranched alkanes of at least 4 members (excludes halogenated alkanes) is 12. The Morgan fingerprint density at radius 1 is 0.525 bits per heavy atom. The molecule has 0 radical (unpaired) electrons. The fourth-order valence-electron chi connectivity index (χ4n) is 13.7. The zero-order valence-electron chi connectivity index (χ0n) is 69.5. The standard InChI is InChI=1S/C70H92ClN17O14.C16H32O2/c1-39(2)31-52(61(94)82-51(15-9-28-77-69(73)74)68(101)88-30-10-16-58(88)67(100)79-40(3)59(72)92)83-60(93)50(14-8-29-78-70(75)102)81-63(96)54(34-43-20-25-49(91)26-21-43)86-66(99)57(38-89)87-65(98)56(36-45-11-7-27-76-37-45)85-64(97)55(33-42-18-23-48(71)24-19-42)84-62(95)53(80-41(4)90)35-44-17-22-46-12-5-6-13-47(46)32-44;1-2-3-4-5-6-7-8-9-10-11-12-13-14-15-16(17)18/h5-7,11-13,17-27,32,37,39-40,50-58,89,91H,8-10,14-16,28-31,33-36,38H2,1-4H3,(H2,72,92)(H,79,100)(H,80,90)(H,81,96)(H,82,94)(H,83,93)(H,84,95)(H,85,97)(H,86,99)(H,87,98)(H4,73,74,77)(H3,75,78,102);2-15H2,1H3,(H,17,18)/t40-,50-,51+,52+,53-,54+,55-,56-,57+,58+;/m1./s1. The van der Waals surface area contributed by atoms with E-state index in [1.165, 1.54) is 126 Å². The topological polar surface area (TPSA) is 535 Å². The van der Waals surface area contributed by atoms with Crippen LogP contribution in [0.15, 0.2) is 121 Å². The third-order valence-electron chi connectivity index (χ3n) is 20.2. The number of aliphatic hydroxyl groups excluding tert-OH is 1. The van der Waals surface area contributed by atoms with Crippen molar-refractivity contribution in [2.45, 2.75) is 256 Å². The molecule has 5 aromatic rings. The van der Waals surface area contributed by atoms with Gasteiger partial charge in [-0.3, -0.25) is 67.5 Å². The molecular weight excluding hydrogens is 1560 g/mol. The van der Waals surface area contributed by atoms with Crippen molar-refractivity contribution < 1.29 is 77.6 Å². The van der Waals surface area contributed by atoms with Gasteiger partial charge in [0, 0.05) is 76.1 Å². The Bertz CT molecular complexity index is 4160. The Labute approximate surface area is 706 Å². The third kappa shape index (κ3) is 37.6. The number of aromatic hydroxyl groups is 1. The van der Waals surface area contributed by atoms with E-state index in [-0.39, 0.29) is 101 Å². The number of nitrogens with one attached hydrogen (secondary N) is 10. The summed E-state index contributed by atoms with van der Waals surface area (Å²) in [6, 6.07) is 13.5. The SMILES string of the molecule is CC(=O)N[C@H](Cc1ccc2ccccc2c1)C(=O)N[C@H](Cc1ccc(Cl)cc1)C(=O)N[C@H](Cc1cccnc1)C(=O)N[C@@H](CO)C(=O)N[C@@H](Cc1ccc(O)cc1)C(=O)N[C@H](CCCNC(N)=O)C(=O)N[C@@H](CC(C)C)C(=O)N[C@@H](CCCN=C(N)N)C(=O)N1CCC[C@H]1C(=O)N[C@H](C)C(N)=O.CCCCCCCCCCCCCCCC(=O)O. The first-order valence-corrected chi connectivity index (χ1v) is 41.8. The lowest BCUT2D eigenvalue weighted by atomic mass is 9.99. The molecule has 1 saturated heterocycles. The van der Waals surface area contributed by atoms with Crippen molar-refractivity contribution in [1.82, 2.24) is 63.1 Å². The quantitative estimate of drug-likeness (QED) is 0.0141. The highest BCUT2D eigenvalue weighted by molar-refractivity contribution is 6.30. The zero-order chi connectivity index (χ0) is 88.1. The Morgan fingerprint density at radius 3 is 1.52 bits per heavy atom. The number of rotatable bonds is 52. The van der Waals surface area contributed by atoms with Gasteiger partial charge in [0.25, 0.3) is 0 Å². The Morgan fingerprint density at radius 2 is 1.00 bits per heavy atom. The monoisotopic (exact) mass is 1690 g/mol. The van der Waals surface area contributed by atoms with Crippen LogP contribution in [0.25, 0.3) is 10.8 Å². The van der Waals surface area contributed by atoms with E-state index >= 15 is 0 Å². The molecule has 4 aromatic carbocycles. The van der Waals surface area contributed by atoms with Crippen molar-refractivity contribution >= 4 is 105 Å². The second kappa shape index (κ2) is 53.8. The second-order valence-corrected chi connectivity index (χ2v) is 31.2. The molecular formula is C86H124ClN17O16. The highest BCUT2D eigenvalue weighted by Gasteiger charge is 2.40. The van der Waals surface area contributed by atoms with Gasteiger partial charge in [0.05, 0.1) is 6.61 Å². The number of aromatic nitrogens is 1. The van der Waals surface area contributed by atoms with E-state index in [1.54, 1.807) is 50.2 Å². The van der Waals surface area contributed by atoms with Gasteiger partial charge in [0.1, 0.15) is 66.2 Å². The number of carboxylic acids is 1. The van der Waals surface area contributed by atoms with Crippen LogP contribution in [0.3, 0.4) is 0 Å². The minimum absolute atomic E-state index is 0.000209. The second-order valence-electron chi connectivity index (χ2n) is 30.7. The highest BCUT2D eigenvalue weighted by atomic mass is 35.5. The maximum absolute atomic E-state index is 14.9. The van der Waals surface area contributed by atoms with Crippen LogP contribution in [0, 0.1) is 5.92 Å². The van der Waals surface area contributed by atoms with E-state index in [0.29, 0.717) is 40.1 Å². The van der Waals surface area contributed by atoms with Gasteiger partial charge in [-0.05, 0) is 128 Å². The van der Waals surface area contributed by atoms with Gasteiger partial charge in [0.15, 0.2) is 5.96 Å².